The fraction of sp³-hybridized carbons (Fsp3) is 0.385. The fourth-order valence-corrected chi connectivity index (χ4v) is 1.94. The largest absolute Gasteiger partial charge is 0.249 e. The second kappa shape index (κ2) is 4.68. The number of aryl methyl sites for hydroxylation is 1. The molecule has 5 heteroatoms. The average molecular weight is 241 g/mol. The summed E-state index contributed by atoms with van der Waals surface area (Å²) in [6.07, 6.45) is 13.0. The van der Waals surface area contributed by atoms with E-state index in [0.29, 0.717) is 6.04 Å². The standard InChI is InChI=1S/C13H15N5/c1-10-7-14-9-15-13(10)6-5-11-8-18(17-16-11)12-3-2-4-12/h5-9,12H,2-4H2,1H3/b6-5+. The van der Waals surface area contributed by atoms with Gasteiger partial charge in [0.2, 0.25) is 0 Å². The van der Waals surface area contributed by atoms with E-state index < -0.39 is 0 Å². The lowest BCUT2D eigenvalue weighted by molar-refractivity contribution is 0.284. The Morgan fingerprint density at radius 3 is 2.94 bits per heavy atom. The topological polar surface area (TPSA) is 56.5 Å². The van der Waals surface area contributed by atoms with E-state index in [-0.39, 0.29) is 0 Å². The van der Waals surface area contributed by atoms with Gasteiger partial charge in [-0.15, -0.1) is 5.10 Å². The molecule has 0 saturated heterocycles. The number of nitrogens with zero attached hydrogens (tertiary/aromatic N) is 5. The Morgan fingerprint density at radius 2 is 2.22 bits per heavy atom. The van der Waals surface area contributed by atoms with Crippen LogP contribution in [0.3, 0.4) is 0 Å². The van der Waals surface area contributed by atoms with E-state index in [2.05, 4.69) is 20.3 Å². The fourth-order valence-electron chi connectivity index (χ4n) is 1.94. The molecule has 0 bridgehead atoms. The zero-order chi connectivity index (χ0) is 12.4. The first-order valence-corrected chi connectivity index (χ1v) is 6.19. The maximum Gasteiger partial charge on any atom is 0.116 e. The van der Waals surface area contributed by atoms with Gasteiger partial charge in [0.05, 0.1) is 17.9 Å². The van der Waals surface area contributed by atoms with Crippen molar-refractivity contribution in [3.63, 3.8) is 0 Å². The molecular weight excluding hydrogens is 226 g/mol. The Morgan fingerprint density at radius 1 is 1.33 bits per heavy atom. The normalized spacial score (nSPS) is 16.1. The van der Waals surface area contributed by atoms with Crippen LogP contribution in [0, 0.1) is 6.92 Å². The lowest BCUT2D eigenvalue weighted by Crippen LogP contribution is -2.17. The summed E-state index contributed by atoms with van der Waals surface area (Å²) in [5, 5.41) is 8.30. The van der Waals surface area contributed by atoms with Crippen LogP contribution in [0.15, 0.2) is 18.7 Å². The summed E-state index contributed by atoms with van der Waals surface area (Å²) >= 11 is 0. The molecule has 18 heavy (non-hydrogen) atoms. The summed E-state index contributed by atoms with van der Waals surface area (Å²) in [4.78, 5) is 8.18. The predicted octanol–water partition coefficient (Wildman–Crippen LogP) is 2.27. The van der Waals surface area contributed by atoms with Gasteiger partial charge in [-0.2, -0.15) is 0 Å². The third-order valence-corrected chi connectivity index (χ3v) is 3.32. The van der Waals surface area contributed by atoms with Gasteiger partial charge in [0, 0.05) is 6.20 Å². The third-order valence-electron chi connectivity index (χ3n) is 3.32. The van der Waals surface area contributed by atoms with E-state index in [4.69, 9.17) is 0 Å². The van der Waals surface area contributed by atoms with Crippen molar-refractivity contribution < 1.29 is 0 Å². The molecule has 1 fully saturated rings. The Labute approximate surface area is 106 Å². The van der Waals surface area contributed by atoms with Gasteiger partial charge in [-0.3, -0.25) is 0 Å². The highest BCUT2D eigenvalue weighted by Gasteiger charge is 2.20. The van der Waals surface area contributed by atoms with Gasteiger partial charge in [0.25, 0.3) is 0 Å². The van der Waals surface area contributed by atoms with Crippen LogP contribution in [0.25, 0.3) is 12.2 Å². The van der Waals surface area contributed by atoms with Gasteiger partial charge < -0.3 is 0 Å². The van der Waals surface area contributed by atoms with Crippen LogP contribution >= 0.6 is 0 Å². The highest BCUT2D eigenvalue weighted by Crippen LogP contribution is 2.30. The summed E-state index contributed by atoms with van der Waals surface area (Å²) in [6, 6.07) is 0.556. The zero-order valence-electron chi connectivity index (χ0n) is 10.3. The van der Waals surface area contributed by atoms with Crippen LogP contribution in [0.4, 0.5) is 0 Å². The molecule has 1 aliphatic rings. The van der Waals surface area contributed by atoms with Crippen LogP contribution in [-0.4, -0.2) is 25.0 Å². The van der Waals surface area contributed by atoms with Crippen LogP contribution < -0.4 is 0 Å². The molecule has 5 nitrogen and oxygen atoms in total. The third kappa shape index (κ3) is 2.16. The van der Waals surface area contributed by atoms with Gasteiger partial charge in [-0.05, 0) is 43.9 Å². The van der Waals surface area contributed by atoms with Gasteiger partial charge in [0.15, 0.2) is 0 Å². The molecule has 0 N–H and O–H groups in total. The van der Waals surface area contributed by atoms with Crippen LogP contribution in [-0.2, 0) is 0 Å². The molecular formula is C13H15N5. The van der Waals surface area contributed by atoms with Crippen molar-refractivity contribution in [1.29, 1.82) is 0 Å². The molecule has 2 heterocycles. The van der Waals surface area contributed by atoms with Gasteiger partial charge in [-0.1, -0.05) is 5.21 Å². The Kier molecular flexibility index (Phi) is 2.88. The monoisotopic (exact) mass is 241 g/mol. The SMILES string of the molecule is Cc1cncnc1/C=C/c1cn(C2CCC2)nn1. The summed E-state index contributed by atoms with van der Waals surface area (Å²) in [5.41, 5.74) is 2.85. The lowest BCUT2D eigenvalue weighted by atomic mass is 9.93. The first kappa shape index (κ1) is 11.1. The molecule has 2 aromatic rings. The number of hydrogen-bond donors (Lipinski definition) is 0. The summed E-state index contributed by atoms with van der Waals surface area (Å²) in [7, 11) is 0. The van der Waals surface area contributed by atoms with Gasteiger partial charge >= 0.3 is 0 Å². The van der Waals surface area contributed by atoms with E-state index in [9.17, 15) is 0 Å². The first-order chi connectivity index (χ1) is 8.83. The number of aromatic nitrogens is 5. The molecule has 0 aromatic carbocycles. The Hall–Kier alpha value is -2.04. The minimum absolute atomic E-state index is 0.556. The van der Waals surface area contributed by atoms with E-state index in [1.54, 1.807) is 12.5 Å². The molecule has 0 radical (unpaired) electrons. The van der Waals surface area contributed by atoms with E-state index in [1.807, 2.05) is 30.0 Å². The molecule has 0 amide bonds. The molecule has 0 spiro atoms. The highest BCUT2D eigenvalue weighted by atomic mass is 15.4. The van der Waals surface area contributed by atoms with Crippen LogP contribution in [0.1, 0.15) is 42.3 Å². The summed E-state index contributed by atoms with van der Waals surface area (Å²) in [6.45, 7) is 1.99. The second-order valence-electron chi connectivity index (χ2n) is 4.63. The van der Waals surface area contributed by atoms with E-state index >= 15 is 0 Å². The molecule has 1 aliphatic carbocycles. The molecule has 0 atom stereocenters. The minimum Gasteiger partial charge on any atom is -0.249 e. The smallest absolute Gasteiger partial charge is 0.116 e. The Bertz CT molecular complexity index is 568. The van der Waals surface area contributed by atoms with E-state index in [1.165, 1.54) is 19.3 Å². The van der Waals surface area contributed by atoms with Crippen molar-refractivity contribution in [2.24, 2.45) is 0 Å². The lowest BCUT2D eigenvalue weighted by Gasteiger charge is -2.24. The number of rotatable bonds is 3. The second-order valence-corrected chi connectivity index (χ2v) is 4.63. The maximum absolute atomic E-state index is 4.21. The summed E-state index contributed by atoms with van der Waals surface area (Å²) in [5.74, 6) is 0. The first-order valence-electron chi connectivity index (χ1n) is 6.19. The van der Waals surface area contributed by atoms with Crippen LogP contribution in [0.2, 0.25) is 0 Å². The summed E-state index contributed by atoms with van der Waals surface area (Å²) < 4.78 is 1.97. The Balaban J connectivity index is 1.76. The quantitative estimate of drug-likeness (QED) is 0.827. The van der Waals surface area contributed by atoms with E-state index in [0.717, 1.165) is 17.0 Å². The molecule has 0 aliphatic heterocycles. The molecule has 2 aromatic heterocycles. The molecule has 0 unspecified atom stereocenters. The van der Waals surface area contributed by atoms with Crippen molar-refractivity contribution in [1.82, 2.24) is 25.0 Å². The van der Waals surface area contributed by atoms with Gasteiger partial charge in [0.1, 0.15) is 12.0 Å². The average Bonchev–Trinajstić information content (AvgIpc) is 2.74. The molecule has 92 valence electrons. The van der Waals surface area contributed by atoms with Crippen molar-refractivity contribution in [2.75, 3.05) is 0 Å². The van der Waals surface area contributed by atoms with Crippen molar-refractivity contribution >= 4 is 12.2 Å². The molecule has 1 saturated carbocycles. The van der Waals surface area contributed by atoms with Crippen molar-refractivity contribution in [3.05, 3.63) is 35.7 Å². The predicted molar refractivity (Wildman–Crippen MR) is 68.6 cm³/mol. The minimum atomic E-state index is 0.556. The highest BCUT2D eigenvalue weighted by molar-refractivity contribution is 5.66. The van der Waals surface area contributed by atoms with Gasteiger partial charge in [-0.25, -0.2) is 14.6 Å². The number of hydrogen-bond acceptors (Lipinski definition) is 4. The maximum atomic E-state index is 4.21. The van der Waals surface area contributed by atoms with Crippen molar-refractivity contribution in [3.8, 4) is 0 Å². The molecule has 3 rings (SSSR count). The zero-order valence-corrected chi connectivity index (χ0v) is 10.3. The van der Waals surface area contributed by atoms with Crippen LogP contribution in [0.5, 0.6) is 0 Å². The van der Waals surface area contributed by atoms with Crippen molar-refractivity contribution in [2.45, 2.75) is 32.2 Å².